The van der Waals surface area contributed by atoms with Gasteiger partial charge in [-0.15, -0.1) is 0 Å². The van der Waals surface area contributed by atoms with Gasteiger partial charge in [0.15, 0.2) is 0 Å². The summed E-state index contributed by atoms with van der Waals surface area (Å²) in [5.74, 6) is 2.32. The van der Waals surface area contributed by atoms with Crippen LogP contribution in [0.25, 0.3) is 16.7 Å². The van der Waals surface area contributed by atoms with Crippen molar-refractivity contribution in [1.29, 1.82) is 0 Å². The molecule has 0 spiro atoms. The van der Waals surface area contributed by atoms with Crippen molar-refractivity contribution in [3.05, 3.63) is 77.1 Å². The first-order chi connectivity index (χ1) is 14.1. The minimum Gasteiger partial charge on any atom is -0.460 e. The molecule has 0 bridgehead atoms. The molecule has 6 rings (SSSR count). The molecule has 4 aliphatic rings. The molecule has 2 aromatic rings. The van der Waals surface area contributed by atoms with Crippen molar-refractivity contribution >= 4 is 16.7 Å². The third-order valence-electron chi connectivity index (χ3n) is 7.72. The molecule has 1 aromatic heterocycles. The van der Waals surface area contributed by atoms with E-state index < -0.39 is 0 Å². The highest BCUT2D eigenvalue weighted by molar-refractivity contribution is 5.92. The average Bonchev–Trinajstić information content (AvgIpc) is 3.23. The van der Waals surface area contributed by atoms with Crippen LogP contribution in [0.5, 0.6) is 0 Å². The molecule has 0 amide bonds. The number of benzene rings is 1. The summed E-state index contributed by atoms with van der Waals surface area (Å²) in [6.07, 6.45) is 17.9. The van der Waals surface area contributed by atoms with Crippen LogP contribution in [0.4, 0.5) is 0 Å². The quantitative estimate of drug-likeness (QED) is 0.594. The first-order valence-corrected chi connectivity index (χ1v) is 11.2. The monoisotopic (exact) mass is 383 g/mol. The molecule has 1 saturated carbocycles. The van der Waals surface area contributed by atoms with Crippen LogP contribution in [0.1, 0.15) is 50.9 Å². The predicted molar refractivity (Wildman–Crippen MR) is 119 cm³/mol. The number of nitrogens with one attached hydrogen (secondary N) is 1. The van der Waals surface area contributed by atoms with Gasteiger partial charge in [0.1, 0.15) is 11.3 Å². The second-order valence-corrected chi connectivity index (χ2v) is 9.62. The van der Waals surface area contributed by atoms with Gasteiger partial charge >= 0.3 is 0 Å². The van der Waals surface area contributed by atoms with Gasteiger partial charge in [0.2, 0.25) is 0 Å². The van der Waals surface area contributed by atoms with E-state index in [-0.39, 0.29) is 5.41 Å². The number of fused-ring (bicyclic) bond motifs is 6. The molecule has 1 fully saturated rings. The van der Waals surface area contributed by atoms with E-state index in [0.29, 0.717) is 17.9 Å². The van der Waals surface area contributed by atoms with Crippen LogP contribution in [0.2, 0.25) is 0 Å². The lowest BCUT2D eigenvalue weighted by Crippen LogP contribution is -2.36. The molecule has 0 aliphatic heterocycles. The lowest BCUT2D eigenvalue weighted by molar-refractivity contribution is 0.310. The number of hydrogen-bond acceptors (Lipinski definition) is 2. The van der Waals surface area contributed by atoms with Gasteiger partial charge in [-0.05, 0) is 43.1 Å². The minimum absolute atomic E-state index is 0.260. The standard InChI is InChI=1S/C27H29NO/c1-27(2)19-11-5-3-9-17(19)25-20(27)12-7-13-21(25)28-22-14-8-16-24-26(22)18-10-4-6-15-23(18)29-24/h4,6-7,9-10,12-15,19,21,25,28H,3,5,8,11,16H2,1-2H3. The van der Waals surface area contributed by atoms with Crippen molar-refractivity contribution in [2.24, 2.45) is 17.3 Å². The summed E-state index contributed by atoms with van der Waals surface area (Å²) >= 11 is 0. The van der Waals surface area contributed by atoms with E-state index >= 15 is 0 Å². The fraction of sp³-hybridized carbons (Fsp3) is 0.407. The largest absolute Gasteiger partial charge is 0.460 e. The fourth-order valence-electron chi connectivity index (χ4n) is 6.37. The van der Waals surface area contributed by atoms with Crippen LogP contribution in [-0.4, -0.2) is 6.04 Å². The number of hydrogen-bond donors (Lipinski definition) is 1. The van der Waals surface area contributed by atoms with Crippen LogP contribution in [0, 0.1) is 17.3 Å². The Bertz CT molecular complexity index is 1110. The van der Waals surface area contributed by atoms with Crippen molar-refractivity contribution < 1.29 is 4.42 Å². The van der Waals surface area contributed by atoms with Crippen molar-refractivity contribution in [2.45, 2.75) is 52.0 Å². The van der Waals surface area contributed by atoms with E-state index in [2.05, 4.69) is 73.8 Å². The fourth-order valence-corrected chi connectivity index (χ4v) is 6.37. The van der Waals surface area contributed by atoms with E-state index in [9.17, 15) is 0 Å². The number of allylic oxidation sites excluding steroid dienone is 4. The topological polar surface area (TPSA) is 25.2 Å². The second-order valence-electron chi connectivity index (χ2n) is 9.62. The molecule has 0 radical (unpaired) electrons. The SMILES string of the molecule is CC1(C)C2=CC=CC(NC3=CCCc4oc5ccccc5c43)C2C2=CCCCC21. The van der Waals surface area contributed by atoms with Crippen molar-refractivity contribution in [3.63, 3.8) is 0 Å². The zero-order valence-corrected chi connectivity index (χ0v) is 17.4. The normalized spacial score (nSPS) is 29.4. The van der Waals surface area contributed by atoms with Crippen LogP contribution < -0.4 is 5.32 Å². The molecule has 3 unspecified atom stereocenters. The number of rotatable bonds is 2. The Morgan fingerprint density at radius 1 is 1.10 bits per heavy atom. The first kappa shape index (κ1) is 17.4. The number of aryl methyl sites for hydroxylation is 1. The Morgan fingerprint density at radius 3 is 2.93 bits per heavy atom. The van der Waals surface area contributed by atoms with Gasteiger partial charge in [0.05, 0.1) is 6.04 Å². The van der Waals surface area contributed by atoms with Crippen LogP contribution in [-0.2, 0) is 6.42 Å². The molecule has 148 valence electrons. The van der Waals surface area contributed by atoms with Gasteiger partial charge in [-0.2, -0.15) is 0 Å². The van der Waals surface area contributed by atoms with Gasteiger partial charge in [-0.3, -0.25) is 0 Å². The molecule has 4 aliphatic carbocycles. The maximum atomic E-state index is 6.19. The number of furan rings is 1. The minimum atomic E-state index is 0.260. The summed E-state index contributed by atoms with van der Waals surface area (Å²) in [7, 11) is 0. The Balaban J connectivity index is 1.39. The third kappa shape index (κ3) is 2.48. The zero-order valence-electron chi connectivity index (χ0n) is 17.4. The van der Waals surface area contributed by atoms with E-state index in [1.165, 1.54) is 35.9 Å². The molecule has 29 heavy (non-hydrogen) atoms. The maximum Gasteiger partial charge on any atom is 0.134 e. The second kappa shape index (κ2) is 6.26. The highest BCUT2D eigenvalue weighted by Gasteiger charge is 2.51. The van der Waals surface area contributed by atoms with E-state index in [1.54, 1.807) is 11.1 Å². The molecule has 3 atom stereocenters. The molecule has 2 heteroatoms. The molecule has 1 heterocycles. The van der Waals surface area contributed by atoms with Crippen LogP contribution >= 0.6 is 0 Å². The Morgan fingerprint density at radius 2 is 2.00 bits per heavy atom. The highest BCUT2D eigenvalue weighted by Crippen LogP contribution is 2.59. The van der Waals surface area contributed by atoms with Gasteiger partial charge in [0.25, 0.3) is 0 Å². The van der Waals surface area contributed by atoms with Crippen molar-refractivity contribution in [2.75, 3.05) is 0 Å². The molecule has 1 N–H and O–H groups in total. The van der Waals surface area contributed by atoms with E-state index in [0.717, 1.165) is 24.2 Å². The van der Waals surface area contributed by atoms with Gasteiger partial charge in [-0.25, -0.2) is 0 Å². The Kier molecular flexibility index (Phi) is 3.75. The lowest BCUT2D eigenvalue weighted by atomic mass is 9.74. The average molecular weight is 384 g/mol. The van der Waals surface area contributed by atoms with Crippen molar-refractivity contribution in [1.82, 2.24) is 5.32 Å². The summed E-state index contributed by atoms with van der Waals surface area (Å²) in [4.78, 5) is 0. The summed E-state index contributed by atoms with van der Waals surface area (Å²) < 4.78 is 6.19. The molecule has 2 nitrogen and oxygen atoms in total. The Labute approximate surface area is 173 Å². The van der Waals surface area contributed by atoms with Gasteiger partial charge < -0.3 is 9.73 Å². The Hall–Kier alpha value is -2.48. The van der Waals surface area contributed by atoms with E-state index in [1.807, 2.05) is 0 Å². The molecular formula is C27H29NO. The summed E-state index contributed by atoms with van der Waals surface area (Å²) in [6, 6.07) is 8.77. The maximum absolute atomic E-state index is 6.19. The third-order valence-corrected chi connectivity index (χ3v) is 7.72. The van der Waals surface area contributed by atoms with E-state index in [4.69, 9.17) is 4.42 Å². The van der Waals surface area contributed by atoms with Crippen LogP contribution in [0.15, 0.2) is 70.2 Å². The highest BCUT2D eigenvalue weighted by atomic mass is 16.3. The number of para-hydroxylation sites is 1. The predicted octanol–water partition coefficient (Wildman–Crippen LogP) is 6.56. The molecule has 1 aromatic carbocycles. The van der Waals surface area contributed by atoms with Crippen LogP contribution in [0.3, 0.4) is 0 Å². The van der Waals surface area contributed by atoms with Crippen molar-refractivity contribution in [3.8, 4) is 0 Å². The summed E-state index contributed by atoms with van der Waals surface area (Å²) in [5.41, 5.74) is 7.10. The first-order valence-electron chi connectivity index (χ1n) is 11.2. The molecule has 0 saturated heterocycles. The summed E-state index contributed by atoms with van der Waals surface area (Å²) in [6.45, 7) is 4.92. The lowest BCUT2D eigenvalue weighted by Gasteiger charge is -2.32. The zero-order chi connectivity index (χ0) is 19.6. The summed E-state index contributed by atoms with van der Waals surface area (Å²) in [5, 5.41) is 5.20. The van der Waals surface area contributed by atoms with Gasteiger partial charge in [-0.1, -0.05) is 73.6 Å². The van der Waals surface area contributed by atoms with Gasteiger partial charge in [0, 0.05) is 29.0 Å². The molecular weight excluding hydrogens is 354 g/mol. The smallest absolute Gasteiger partial charge is 0.134 e.